The maximum Gasteiger partial charge on any atom is 0.270 e. The third-order valence-electron chi connectivity index (χ3n) is 8.39. The number of rotatable bonds is 3. The van der Waals surface area contributed by atoms with Crippen LogP contribution < -0.4 is 26.0 Å². The number of para-hydroxylation sites is 1. The molecule has 0 saturated carbocycles. The van der Waals surface area contributed by atoms with Crippen LogP contribution in [-0.4, -0.2) is 83.9 Å². The van der Waals surface area contributed by atoms with Gasteiger partial charge < -0.3 is 35.9 Å². The average molecular weight is 638 g/mol. The number of amides is 4. The topological polar surface area (TPSA) is 158 Å². The lowest BCUT2D eigenvalue weighted by molar-refractivity contribution is -0.123. The van der Waals surface area contributed by atoms with Crippen molar-refractivity contribution in [1.82, 2.24) is 30.8 Å². The van der Waals surface area contributed by atoms with Crippen LogP contribution in [0.25, 0.3) is 10.9 Å². The van der Waals surface area contributed by atoms with Crippen LogP contribution in [0.1, 0.15) is 51.2 Å². The number of ether oxygens (including phenoxy) is 1. The molecule has 2 bridgehead atoms. The molecule has 2 aliphatic heterocycles. The maximum atomic E-state index is 13.6. The molecule has 244 valence electrons. The number of nitrogens with one attached hydrogen (secondary N) is 5. The van der Waals surface area contributed by atoms with Gasteiger partial charge in [0.15, 0.2) is 0 Å². The first-order valence-electron chi connectivity index (χ1n) is 16.1. The molecule has 0 unspecified atom stereocenters. The molecular weight excluding hydrogens is 598 g/mol. The first-order chi connectivity index (χ1) is 22.9. The predicted molar refractivity (Wildman–Crippen MR) is 177 cm³/mol. The number of pyridine rings is 1. The summed E-state index contributed by atoms with van der Waals surface area (Å²) in [5.74, 6) is -0.0562. The first-order valence-corrected chi connectivity index (χ1v) is 16.1. The van der Waals surface area contributed by atoms with E-state index in [-0.39, 0.29) is 36.4 Å². The van der Waals surface area contributed by atoms with Crippen molar-refractivity contribution in [2.24, 2.45) is 0 Å². The molecule has 0 aliphatic carbocycles. The Morgan fingerprint density at radius 3 is 2.70 bits per heavy atom. The lowest BCUT2D eigenvalue weighted by atomic mass is 10.0. The smallest absolute Gasteiger partial charge is 0.270 e. The van der Waals surface area contributed by atoms with Gasteiger partial charge in [-0.3, -0.25) is 19.2 Å². The van der Waals surface area contributed by atoms with Crippen molar-refractivity contribution in [3.8, 4) is 5.75 Å². The van der Waals surface area contributed by atoms with Crippen LogP contribution in [0, 0.1) is 0 Å². The normalized spacial score (nSPS) is 18.3. The van der Waals surface area contributed by atoms with Gasteiger partial charge in [0.2, 0.25) is 11.8 Å². The summed E-state index contributed by atoms with van der Waals surface area (Å²) in [6.45, 7) is 1.88. The maximum absolute atomic E-state index is 13.6. The predicted octanol–water partition coefficient (Wildman–Crippen LogP) is 2.81. The van der Waals surface area contributed by atoms with Crippen molar-refractivity contribution in [3.63, 3.8) is 0 Å². The molecule has 47 heavy (non-hydrogen) atoms. The molecule has 0 fully saturated rings. The molecule has 4 heterocycles. The molecule has 2 aromatic heterocycles. The molecule has 0 spiro atoms. The first kappa shape index (κ1) is 31.6. The zero-order chi connectivity index (χ0) is 32.6. The third-order valence-corrected chi connectivity index (χ3v) is 8.39. The monoisotopic (exact) mass is 637 g/mol. The molecule has 2 aromatic carbocycles. The number of carbonyl (C=O) groups excluding carboxylic acids is 4. The largest absolute Gasteiger partial charge is 0.493 e. The summed E-state index contributed by atoms with van der Waals surface area (Å²) in [4.78, 5) is 62.6. The quantitative estimate of drug-likeness (QED) is 0.231. The van der Waals surface area contributed by atoms with Crippen LogP contribution in [0.3, 0.4) is 0 Å². The van der Waals surface area contributed by atoms with Crippen LogP contribution in [0.15, 0.2) is 66.9 Å². The van der Waals surface area contributed by atoms with Gasteiger partial charge in [0.25, 0.3) is 11.8 Å². The summed E-state index contributed by atoms with van der Waals surface area (Å²) in [6, 6.07) is 17.4. The van der Waals surface area contributed by atoms with E-state index in [1.54, 1.807) is 29.2 Å². The molecule has 0 radical (unpaired) electrons. The zero-order valence-electron chi connectivity index (χ0n) is 26.1. The van der Waals surface area contributed by atoms with Gasteiger partial charge in [0, 0.05) is 55.3 Å². The Balaban J connectivity index is 1.19. The van der Waals surface area contributed by atoms with Gasteiger partial charge in [-0.1, -0.05) is 24.3 Å². The molecule has 4 aromatic rings. The fourth-order valence-corrected chi connectivity index (χ4v) is 5.93. The van der Waals surface area contributed by atoms with E-state index in [2.05, 4.69) is 31.2 Å². The van der Waals surface area contributed by atoms with Gasteiger partial charge in [0.1, 0.15) is 23.3 Å². The Kier molecular flexibility index (Phi) is 9.95. The van der Waals surface area contributed by atoms with Crippen LogP contribution in [0.4, 0.5) is 5.82 Å². The molecule has 12 heteroatoms. The number of fused-ring (bicyclic) bond motifs is 4. The van der Waals surface area contributed by atoms with E-state index < -0.39 is 11.9 Å². The van der Waals surface area contributed by atoms with Crippen molar-refractivity contribution in [1.29, 1.82) is 0 Å². The Bertz CT molecular complexity index is 1770. The van der Waals surface area contributed by atoms with E-state index in [0.29, 0.717) is 57.0 Å². The minimum absolute atomic E-state index is 0.0996. The highest BCUT2D eigenvalue weighted by Gasteiger charge is 2.25. The molecule has 12 nitrogen and oxygen atoms in total. The van der Waals surface area contributed by atoms with E-state index in [1.807, 2.05) is 42.6 Å². The zero-order valence-corrected chi connectivity index (χ0v) is 26.1. The minimum atomic E-state index is -0.852. The Labute approximate surface area is 272 Å². The summed E-state index contributed by atoms with van der Waals surface area (Å²) in [7, 11) is 0. The summed E-state index contributed by atoms with van der Waals surface area (Å²) in [5.41, 5.74) is 3.52. The number of hydrogen-bond acceptors (Lipinski definition) is 7. The highest BCUT2D eigenvalue weighted by atomic mass is 16.5. The van der Waals surface area contributed by atoms with Crippen LogP contribution in [0.5, 0.6) is 5.75 Å². The number of aromatic amines is 1. The van der Waals surface area contributed by atoms with E-state index in [1.165, 1.54) is 0 Å². The van der Waals surface area contributed by atoms with Crippen molar-refractivity contribution < 1.29 is 23.9 Å². The number of benzene rings is 2. The second kappa shape index (κ2) is 14.8. The van der Waals surface area contributed by atoms with Crippen LogP contribution in [0.2, 0.25) is 0 Å². The van der Waals surface area contributed by atoms with Gasteiger partial charge in [0.05, 0.1) is 13.2 Å². The van der Waals surface area contributed by atoms with Gasteiger partial charge in [-0.05, 0) is 73.2 Å². The van der Waals surface area contributed by atoms with Gasteiger partial charge in [-0.15, -0.1) is 0 Å². The van der Waals surface area contributed by atoms with E-state index in [4.69, 9.17) is 4.74 Å². The molecule has 1 atom stereocenters. The summed E-state index contributed by atoms with van der Waals surface area (Å²) in [6.07, 6.45) is 4.99. The lowest BCUT2D eigenvalue weighted by Crippen LogP contribution is -2.48. The standard InChI is InChI=1S/C35H39N7O5/c43-32-22-42(35(46)24-12-13-30-23(19-24)7-6-18-47-30)17-4-3-14-38-33(44)29(20-25-21-39-27-9-2-1-8-26(25)27)41-34(45)28-10-5-11-31(40-28)36-15-16-37-32/h1-2,5,8-13,19,21,29,39H,3-4,6-7,14-18,20,22H2,(H,36,40)(H,37,43)(H,38,44)(H,41,45)/t29-/m0/s1. The number of H-pyrrole nitrogens is 1. The second-order valence-corrected chi connectivity index (χ2v) is 11.8. The fourth-order valence-electron chi connectivity index (χ4n) is 5.93. The van der Waals surface area contributed by atoms with Crippen molar-refractivity contribution >= 4 is 40.3 Å². The SMILES string of the molecule is O=C1CN(C(=O)c2ccc3c(c2)CCCO3)CCCCNC(=O)[C@H](Cc2c[nH]c3ccccc23)NC(=O)c2cccc(n2)NCCN1. The highest BCUT2D eigenvalue weighted by Crippen LogP contribution is 2.26. The average Bonchev–Trinajstić information content (AvgIpc) is 3.51. The van der Waals surface area contributed by atoms with Gasteiger partial charge in [-0.25, -0.2) is 4.98 Å². The number of hydrogen-bond donors (Lipinski definition) is 5. The van der Waals surface area contributed by atoms with Crippen LogP contribution in [-0.2, 0) is 22.4 Å². The van der Waals surface area contributed by atoms with E-state index >= 15 is 0 Å². The Morgan fingerprint density at radius 2 is 1.79 bits per heavy atom. The van der Waals surface area contributed by atoms with E-state index in [0.717, 1.165) is 40.6 Å². The van der Waals surface area contributed by atoms with E-state index in [9.17, 15) is 19.2 Å². The number of aromatic nitrogens is 2. The number of aryl methyl sites for hydroxylation is 1. The molecular formula is C35H39N7O5. The molecule has 0 saturated heterocycles. The Hall–Kier alpha value is -5.39. The number of carbonyl (C=O) groups is 4. The van der Waals surface area contributed by atoms with Crippen molar-refractivity contribution in [3.05, 3.63) is 89.2 Å². The van der Waals surface area contributed by atoms with Gasteiger partial charge >= 0.3 is 0 Å². The minimum Gasteiger partial charge on any atom is -0.493 e. The summed E-state index contributed by atoms with van der Waals surface area (Å²) >= 11 is 0. The molecule has 4 amide bonds. The third kappa shape index (κ3) is 7.89. The molecule has 6 rings (SSSR count). The van der Waals surface area contributed by atoms with Crippen LogP contribution >= 0.6 is 0 Å². The van der Waals surface area contributed by atoms with Gasteiger partial charge in [-0.2, -0.15) is 0 Å². The second-order valence-electron chi connectivity index (χ2n) is 11.8. The summed E-state index contributed by atoms with van der Waals surface area (Å²) in [5, 5.41) is 12.8. The molecule has 2 aliphatic rings. The number of anilines is 1. The van der Waals surface area contributed by atoms with Crippen molar-refractivity contribution in [2.75, 3.05) is 44.6 Å². The molecule has 5 N–H and O–H groups in total. The fraction of sp³-hybridized carbons (Fsp3) is 0.343. The number of nitrogens with zero attached hydrogens (tertiary/aromatic N) is 2. The summed E-state index contributed by atoms with van der Waals surface area (Å²) < 4.78 is 5.70. The van der Waals surface area contributed by atoms with Crippen molar-refractivity contribution in [2.45, 2.75) is 38.1 Å². The lowest BCUT2D eigenvalue weighted by Gasteiger charge is -2.24. The Morgan fingerprint density at radius 1 is 0.915 bits per heavy atom. The highest BCUT2D eigenvalue weighted by molar-refractivity contribution is 5.97.